The molecule has 0 fully saturated rings. The molecule has 0 aliphatic rings. The molecule has 3 aromatic rings. The number of carboxylic acid groups (broad SMARTS) is 1. The molecule has 0 saturated heterocycles. The van der Waals surface area contributed by atoms with Crippen molar-refractivity contribution in [1.29, 1.82) is 0 Å². The molecule has 0 aliphatic heterocycles. The molecule has 0 radical (unpaired) electrons. The van der Waals surface area contributed by atoms with Gasteiger partial charge in [-0.25, -0.2) is 12.4 Å². The Labute approximate surface area is 172 Å². The van der Waals surface area contributed by atoms with Crippen molar-refractivity contribution in [3.8, 4) is 5.75 Å². The van der Waals surface area contributed by atoms with Crippen molar-refractivity contribution in [2.45, 2.75) is 24.7 Å². The van der Waals surface area contributed by atoms with E-state index < -0.39 is 16.0 Å². The number of aliphatic carboxylic acids is 1. The van der Waals surface area contributed by atoms with E-state index in [0.29, 0.717) is 28.8 Å². The van der Waals surface area contributed by atoms with Gasteiger partial charge >= 0.3 is 5.97 Å². The Hall–Kier alpha value is -2.22. The largest absolute Gasteiger partial charge is 0.494 e. The highest BCUT2D eigenvalue weighted by Crippen LogP contribution is 2.32. The summed E-state index contributed by atoms with van der Waals surface area (Å²) in [6, 6.07) is 9.16. The summed E-state index contributed by atoms with van der Waals surface area (Å²) >= 11 is 11.9. The molecule has 28 heavy (non-hydrogen) atoms. The summed E-state index contributed by atoms with van der Waals surface area (Å²) in [5.41, 5.74) is 1.02. The third kappa shape index (κ3) is 3.97. The van der Waals surface area contributed by atoms with Gasteiger partial charge in [0.15, 0.2) is 0 Å². The number of halogens is 2. The van der Waals surface area contributed by atoms with Crippen LogP contribution in [-0.4, -0.2) is 30.1 Å². The first-order valence-electron chi connectivity index (χ1n) is 8.43. The van der Waals surface area contributed by atoms with Gasteiger partial charge in [0.25, 0.3) is 10.0 Å². The summed E-state index contributed by atoms with van der Waals surface area (Å²) in [5.74, 6) is -0.442. The molecule has 0 atom stereocenters. The van der Waals surface area contributed by atoms with Gasteiger partial charge in [-0.05, 0) is 49.2 Å². The highest BCUT2D eigenvalue weighted by atomic mass is 35.5. The van der Waals surface area contributed by atoms with E-state index in [1.807, 2.05) is 6.92 Å². The second-order valence-electron chi connectivity index (χ2n) is 6.04. The van der Waals surface area contributed by atoms with Crippen molar-refractivity contribution in [1.82, 2.24) is 3.97 Å². The highest BCUT2D eigenvalue weighted by molar-refractivity contribution is 7.90. The first-order chi connectivity index (χ1) is 13.2. The summed E-state index contributed by atoms with van der Waals surface area (Å²) in [4.78, 5) is 10.9. The lowest BCUT2D eigenvalue weighted by Gasteiger charge is -2.09. The second kappa shape index (κ2) is 8.03. The number of benzene rings is 2. The Morgan fingerprint density at radius 1 is 1.14 bits per heavy atom. The molecule has 2 aromatic carbocycles. The molecular formula is C19H17Cl2NO5S. The van der Waals surface area contributed by atoms with E-state index in [0.717, 1.165) is 3.97 Å². The molecule has 0 spiro atoms. The van der Waals surface area contributed by atoms with Gasteiger partial charge in [-0.3, -0.25) is 4.79 Å². The van der Waals surface area contributed by atoms with E-state index in [1.165, 1.54) is 24.4 Å². The molecule has 3 rings (SSSR count). The first kappa shape index (κ1) is 20.5. The van der Waals surface area contributed by atoms with Crippen LogP contribution in [0, 0.1) is 0 Å². The van der Waals surface area contributed by atoms with Gasteiger partial charge in [0.05, 0.1) is 27.1 Å². The van der Waals surface area contributed by atoms with Gasteiger partial charge in [-0.15, -0.1) is 0 Å². The van der Waals surface area contributed by atoms with Crippen LogP contribution >= 0.6 is 23.2 Å². The molecular weight excluding hydrogens is 425 g/mol. The van der Waals surface area contributed by atoms with Crippen molar-refractivity contribution >= 4 is 50.1 Å². The highest BCUT2D eigenvalue weighted by Gasteiger charge is 2.23. The zero-order valence-corrected chi connectivity index (χ0v) is 17.2. The van der Waals surface area contributed by atoms with E-state index in [1.54, 1.807) is 18.2 Å². The number of carbonyl (C=O) groups is 1. The molecule has 0 amide bonds. The summed E-state index contributed by atoms with van der Waals surface area (Å²) in [6.45, 7) is 2.26. The number of nitrogens with zero attached hydrogens (tertiary/aromatic N) is 1. The zero-order valence-electron chi connectivity index (χ0n) is 14.9. The maximum Gasteiger partial charge on any atom is 0.303 e. The normalized spacial score (nSPS) is 11.7. The Bertz CT molecular complexity index is 1150. The SMILES string of the molecule is CCOc1ccc2c(CCC(=O)O)cn(S(=O)(=O)c3ccc(Cl)c(Cl)c3)c2c1. The monoisotopic (exact) mass is 441 g/mol. The number of ether oxygens (including phenoxy) is 1. The van der Waals surface area contributed by atoms with Gasteiger partial charge < -0.3 is 9.84 Å². The predicted molar refractivity (Wildman–Crippen MR) is 108 cm³/mol. The number of carboxylic acids is 1. The maximum absolute atomic E-state index is 13.2. The fourth-order valence-electron chi connectivity index (χ4n) is 2.89. The lowest BCUT2D eigenvalue weighted by Crippen LogP contribution is -2.12. The summed E-state index contributed by atoms with van der Waals surface area (Å²) in [5, 5.41) is 10.0. The van der Waals surface area contributed by atoms with E-state index in [4.69, 9.17) is 33.0 Å². The van der Waals surface area contributed by atoms with Gasteiger partial charge in [0.2, 0.25) is 0 Å². The Morgan fingerprint density at radius 2 is 1.89 bits per heavy atom. The van der Waals surface area contributed by atoms with Crippen LogP contribution in [0.5, 0.6) is 5.75 Å². The third-order valence-electron chi connectivity index (χ3n) is 4.19. The number of aromatic nitrogens is 1. The van der Waals surface area contributed by atoms with Crippen LogP contribution in [0.15, 0.2) is 47.5 Å². The van der Waals surface area contributed by atoms with Crippen molar-refractivity contribution in [2.24, 2.45) is 0 Å². The summed E-state index contributed by atoms with van der Waals surface area (Å²) in [6.07, 6.45) is 1.53. The van der Waals surface area contributed by atoms with Crippen LogP contribution in [0.4, 0.5) is 0 Å². The minimum Gasteiger partial charge on any atom is -0.494 e. The van der Waals surface area contributed by atoms with Crippen LogP contribution in [-0.2, 0) is 21.2 Å². The average molecular weight is 442 g/mol. The summed E-state index contributed by atoms with van der Waals surface area (Å²) in [7, 11) is -3.98. The number of fused-ring (bicyclic) bond motifs is 1. The van der Waals surface area contributed by atoms with Crippen molar-refractivity contribution in [2.75, 3.05) is 6.61 Å². The van der Waals surface area contributed by atoms with Crippen LogP contribution in [0.1, 0.15) is 18.9 Å². The Balaban J connectivity index is 2.20. The fraction of sp³-hybridized carbons (Fsp3) is 0.211. The predicted octanol–water partition coefficient (Wildman–Crippen LogP) is 4.60. The molecule has 9 heteroatoms. The number of aryl methyl sites for hydroxylation is 1. The van der Waals surface area contributed by atoms with Crippen molar-refractivity contribution < 1.29 is 23.1 Å². The van der Waals surface area contributed by atoms with E-state index in [9.17, 15) is 13.2 Å². The quantitative estimate of drug-likeness (QED) is 0.578. The number of hydrogen-bond donors (Lipinski definition) is 1. The molecule has 1 heterocycles. The fourth-order valence-corrected chi connectivity index (χ4v) is 4.67. The van der Waals surface area contributed by atoms with E-state index in [-0.39, 0.29) is 27.8 Å². The van der Waals surface area contributed by atoms with Gasteiger partial charge in [0, 0.05) is 24.1 Å². The number of hydrogen-bond acceptors (Lipinski definition) is 4. The molecule has 1 N–H and O–H groups in total. The molecule has 6 nitrogen and oxygen atoms in total. The van der Waals surface area contributed by atoms with Gasteiger partial charge in [-0.2, -0.15) is 0 Å². The second-order valence-corrected chi connectivity index (χ2v) is 8.67. The van der Waals surface area contributed by atoms with Crippen LogP contribution < -0.4 is 4.74 Å². The third-order valence-corrected chi connectivity index (χ3v) is 6.60. The lowest BCUT2D eigenvalue weighted by molar-refractivity contribution is -0.136. The maximum atomic E-state index is 13.2. The van der Waals surface area contributed by atoms with Crippen LogP contribution in [0.2, 0.25) is 10.0 Å². The minimum atomic E-state index is -3.98. The molecule has 0 bridgehead atoms. The van der Waals surface area contributed by atoms with Gasteiger partial charge in [0.1, 0.15) is 5.75 Å². The Kier molecular flexibility index (Phi) is 5.88. The molecule has 0 saturated carbocycles. The van der Waals surface area contributed by atoms with Crippen molar-refractivity contribution in [3.63, 3.8) is 0 Å². The average Bonchev–Trinajstić information content (AvgIpc) is 3.01. The molecule has 0 unspecified atom stereocenters. The topological polar surface area (TPSA) is 85.6 Å². The van der Waals surface area contributed by atoms with E-state index in [2.05, 4.69) is 0 Å². The molecule has 1 aromatic heterocycles. The van der Waals surface area contributed by atoms with E-state index >= 15 is 0 Å². The standard InChI is InChI=1S/C19H17Cl2NO5S/c1-2-27-13-4-6-15-12(3-8-19(23)24)11-22(18(15)9-13)28(25,26)14-5-7-16(20)17(21)10-14/h4-7,9-11H,2-3,8H2,1H3,(H,23,24). The van der Waals surface area contributed by atoms with Crippen LogP contribution in [0.25, 0.3) is 10.9 Å². The minimum absolute atomic E-state index is 0.0228. The zero-order chi connectivity index (χ0) is 20.5. The smallest absolute Gasteiger partial charge is 0.303 e. The molecule has 0 aliphatic carbocycles. The van der Waals surface area contributed by atoms with Crippen LogP contribution in [0.3, 0.4) is 0 Å². The number of rotatable bonds is 7. The van der Waals surface area contributed by atoms with Gasteiger partial charge in [-0.1, -0.05) is 23.2 Å². The first-order valence-corrected chi connectivity index (χ1v) is 10.6. The van der Waals surface area contributed by atoms with Crippen molar-refractivity contribution in [3.05, 3.63) is 58.2 Å². The lowest BCUT2D eigenvalue weighted by atomic mass is 10.1. The molecule has 148 valence electrons. The Morgan fingerprint density at radius 3 is 2.54 bits per heavy atom. The summed E-state index contributed by atoms with van der Waals surface area (Å²) < 4.78 is 33.1.